The maximum atomic E-state index is 5.40. The van der Waals surface area contributed by atoms with Gasteiger partial charge in [-0.15, -0.1) is 0 Å². The second-order valence-corrected chi connectivity index (χ2v) is 6.25. The van der Waals surface area contributed by atoms with Crippen LogP contribution in [0, 0.1) is 13.8 Å². The third kappa shape index (κ3) is 4.43. The van der Waals surface area contributed by atoms with Crippen molar-refractivity contribution in [2.24, 2.45) is 0 Å². The highest BCUT2D eigenvalue weighted by atomic mass is 16.5. The van der Waals surface area contributed by atoms with Gasteiger partial charge in [0.05, 0.1) is 21.3 Å². The van der Waals surface area contributed by atoms with Crippen LogP contribution in [0.25, 0.3) is 0 Å². The van der Waals surface area contributed by atoms with Crippen molar-refractivity contribution in [3.63, 3.8) is 0 Å². The predicted octanol–water partition coefficient (Wildman–Crippen LogP) is 4.61. The SMILES string of the molecule is COc1cc(Nc2cc(C)nc(Nc3cccc(C)c3)n2)cc(OC)c1OC. The van der Waals surface area contributed by atoms with Crippen molar-refractivity contribution in [2.45, 2.75) is 13.8 Å². The molecule has 3 rings (SSSR count). The number of anilines is 4. The molecule has 2 N–H and O–H groups in total. The van der Waals surface area contributed by atoms with Crippen molar-refractivity contribution in [1.29, 1.82) is 0 Å². The molecule has 0 amide bonds. The van der Waals surface area contributed by atoms with Gasteiger partial charge in [-0.3, -0.25) is 0 Å². The molecule has 3 aromatic rings. The number of nitrogens with one attached hydrogen (secondary N) is 2. The molecule has 0 aliphatic carbocycles. The van der Waals surface area contributed by atoms with E-state index < -0.39 is 0 Å². The third-order valence-electron chi connectivity index (χ3n) is 4.07. The molecule has 0 aliphatic heterocycles. The normalized spacial score (nSPS) is 10.3. The van der Waals surface area contributed by atoms with Crippen LogP contribution in [-0.4, -0.2) is 31.3 Å². The van der Waals surface area contributed by atoms with Crippen molar-refractivity contribution >= 4 is 23.1 Å². The topological polar surface area (TPSA) is 77.5 Å². The molecule has 0 spiro atoms. The van der Waals surface area contributed by atoms with Crippen molar-refractivity contribution in [3.05, 3.63) is 53.7 Å². The highest BCUT2D eigenvalue weighted by Crippen LogP contribution is 2.40. The van der Waals surface area contributed by atoms with Crippen LogP contribution in [0.5, 0.6) is 17.2 Å². The quantitative estimate of drug-likeness (QED) is 0.620. The Hall–Kier alpha value is -3.48. The molecule has 28 heavy (non-hydrogen) atoms. The Balaban J connectivity index is 1.89. The van der Waals surface area contributed by atoms with Gasteiger partial charge in [0.25, 0.3) is 0 Å². The highest BCUT2D eigenvalue weighted by Gasteiger charge is 2.14. The standard InChI is InChI=1S/C21H24N4O3/c1-13-7-6-8-15(9-13)24-21-22-14(2)10-19(25-21)23-16-11-17(26-3)20(28-5)18(12-16)27-4/h6-12H,1-5H3,(H2,22,23,24,25). The Morgan fingerprint density at radius 3 is 2.07 bits per heavy atom. The largest absolute Gasteiger partial charge is 0.493 e. The summed E-state index contributed by atoms with van der Waals surface area (Å²) in [5, 5.41) is 6.52. The van der Waals surface area contributed by atoms with E-state index in [4.69, 9.17) is 14.2 Å². The number of hydrogen-bond donors (Lipinski definition) is 2. The molecule has 0 aliphatic rings. The van der Waals surface area contributed by atoms with Gasteiger partial charge in [0.15, 0.2) is 11.5 Å². The summed E-state index contributed by atoms with van der Waals surface area (Å²) in [5.74, 6) is 2.83. The van der Waals surface area contributed by atoms with E-state index in [1.165, 1.54) is 0 Å². The lowest BCUT2D eigenvalue weighted by Crippen LogP contribution is -2.03. The zero-order chi connectivity index (χ0) is 20.1. The second kappa shape index (κ2) is 8.47. The number of aryl methyl sites for hydroxylation is 2. The fourth-order valence-electron chi connectivity index (χ4n) is 2.84. The summed E-state index contributed by atoms with van der Waals surface area (Å²) in [6, 6.07) is 13.6. The lowest BCUT2D eigenvalue weighted by molar-refractivity contribution is 0.324. The number of methoxy groups -OCH3 is 3. The van der Waals surface area contributed by atoms with Crippen molar-refractivity contribution in [1.82, 2.24) is 9.97 Å². The molecule has 0 bridgehead atoms. The molecule has 0 fully saturated rings. The minimum absolute atomic E-state index is 0.514. The van der Waals surface area contributed by atoms with Crippen LogP contribution in [0.2, 0.25) is 0 Å². The summed E-state index contributed by atoms with van der Waals surface area (Å²) >= 11 is 0. The second-order valence-electron chi connectivity index (χ2n) is 6.25. The first-order valence-electron chi connectivity index (χ1n) is 8.78. The molecule has 0 radical (unpaired) electrons. The molecule has 1 heterocycles. The molecule has 1 aromatic heterocycles. The van der Waals surface area contributed by atoms with Crippen LogP contribution in [0.3, 0.4) is 0 Å². The highest BCUT2D eigenvalue weighted by molar-refractivity contribution is 5.67. The van der Waals surface area contributed by atoms with Crippen LogP contribution < -0.4 is 24.8 Å². The van der Waals surface area contributed by atoms with E-state index in [-0.39, 0.29) is 0 Å². The maximum absolute atomic E-state index is 5.40. The zero-order valence-electron chi connectivity index (χ0n) is 16.7. The Kier molecular flexibility index (Phi) is 5.84. The van der Waals surface area contributed by atoms with Gasteiger partial charge in [0.2, 0.25) is 11.7 Å². The van der Waals surface area contributed by atoms with Crippen molar-refractivity contribution < 1.29 is 14.2 Å². The van der Waals surface area contributed by atoms with Crippen molar-refractivity contribution in [2.75, 3.05) is 32.0 Å². The van der Waals surface area contributed by atoms with Gasteiger partial charge >= 0.3 is 0 Å². The van der Waals surface area contributed by atoms with E-state index in [1.54, 1.807) is 21.3 Å². The number of benzene rings is 2. The van der Waals surface area contributed by atoms with Crippen molar-refractivity contribution in [3.8, 4) is 17.2 Å². The lowest BCUT2D eigenvalue weighted by atomic mass is 10.2. The van der Waals surface area contributed by atoms with Gasteiger partial charge in [0.1, 0.15) is 5.82 Å². The molecule has 0 saturated carbocycles. The molecular weight excluding hydrogens is 356 g/mol. The van der Waals surface area contributed by atoms with Gasteiger partial charge in [-0.05, 0) is 31.5 Å². The molecule has 146 valence electrons. The van der Waals surface area contributed by atoms with Crippen LogP contribution in [0.1, 0.15) is 11.3 Å². The summed E-state index contributed by atoms with van der Waals surface area (Å²) in [4.78, 5) is 9.02. The molecule has 7 heteroatoms. The van der Waals surface area contributed by atoms with Gasteiger partial charge in [0, 0.05) is 35.3 Å². The van der Waals surface area contributed by atoms with Crippen LogP contribution in [-0.2, 0) is 0 Å². The minimum Gasteiger partial charge on any atom is -0.493 e. The lowest BCUT2D eigenvalue weighted by Gasteiger charge is -2.15. The van der Waals surface area contributed by atoms with E-state index >= 15 is 0 Å². The molecule has 7 nitrogen and oxygen atoms in total. The van der Waals surface area contributed by atoms with Crippen LogP contribution in [0.15, 0.2) is 42.5 Å². The van der Waals surface area contributed by atoms with E-state index in [2.05, 4.69) is 20.6 Å². The zero-order valence-corrected chi connectivity index (χ0v) is 16.7. The summed E-state index contributed by atoms with van der Waals surface area (Å²) in [6.07, 6.45) is 0. The first kappa shape index (κ1) is 19.3. The number of ether oxygens (including phenoxy) is 3. The van der Waals surface area contributed by atoms with Gasteiger partial charge in [-0.2, -0.15) is 4.98 Å². The Morgan fingerprint density at radius 2 is 1.46 bits per heavy atom. The van der Waals surface area contributed by atoms with Gasteiger partial charge < -0.3 is 24.8 Å². The summed E-state index contributed by atoms with van der Waals surface area (Å²) in [7, 11) is 4.74. The Bertz CT molecular complexity index is 951. The number of nitrogens with zero attached hydrogens (tertiary/aromatic N) is 2. The van der Waals surface area contributed by atoms with Crippen LogP contribution >= 0.6 is 0 Å². The van der Waals surface area contributed by atoms with E-state index in [0.717, 1.165) is 22.6 Å². The average Bonchev–Trinajstić information content (AvgIpc) is 2.66. The first-order chi connectivity index (χ1) is 13.5. The monoisotopic (exact) mass is 380 g/mol. The van der Waals surface area contributed by atoms with Gasteiger partial charge in [-0.1, -0.05) is 12.1 Å². The summed E-state index contributed by atoms with van der Waals surface area (Å²) < 4.78 is 16.2. The fourth-order valence-corrected chi connectivity index (χ4v) is 2.84. The van der Waals surface area contributed by atoms with Crippen LogP contribution in [0.4, 0.5) is 23.1 Å². The maximum Gasteiger partial charge on any atom is 0.229 e. The predicted molar refractivity (Wildman–Crippen MR) is 111 cm³/mol. The smallest absolute Gasteiger partial charge is 0.229 e. The molecule has 2 aromatic carbocycles. The third-order valence-corrected chi connectivity index (χ3v) is 4.07. The average molecular weight is 380 g/mol. The first-order valence-corrected chi connectivity index (χ1v) is 8.78. The minimum atomic E-state index is 0.514. The summed E-state index contributed by atoms with van der Waals surface area (Å²) in [6.45, 7) is 3.96. The Labute approximate surface area is 164 Å². The van der Waals surface area contributed by atoms with E-state index in [0.29, 0.717) is 29.0 Å². The molecule has 0 atom stereocenters. The number of aromatic nitrogens is 2. The molecule has 0 unspecified atom stereocenters. The summed E-state index contributed by atoms with van der Waals surface area (Å²) in [5.41, 5.74) is 3.69. The molecular formula is C21H24N4O3. The molecule has 0 saturated heterocycles. The number of hydrogen-bond acceptors (Lipinski definition) is 7. The fraction of sp³-hybridized carbons (Fsp3) is 0.238. The van der Waals surface area contributed by atoms with E-state index in [9.17, 15) is 0 Å². The Morgan fingerprint density at radius 1 is 0.750 bits per heavy atom. The number of rotatable bonds is 7. The van der Waals surface area contributed by atoms with E-state index in [1.807, 2.05) is 56.3 Å². The van der Waals surface area contributed by atoms with Gasteiger partial charge in [-0.25, -0.2) is 4.98 Å².